The number of rotatable bonds is 4. The minimum atomic E-state index is 0.391. The van der Waals surface area contributed by atoms with Gasteiger partial charge in [-0.15, -0.1) is 0 Å². The van der Waals surface area contributed by atoms with Gasteiger partial charge in [0.1, 0.15) is 0 Å². The molecular formula is C10H20N2O. The normalized spacial score (nSPS) is 39.0. The summed E-state index contributed by atoms with van der Waals surface area (Å²) in [5, 5.41) is 6.81. The molecule has 3 unspecified atom stereocenters. The molecule has 2 rings (SSSR count). The van der Waals surface area contributed by atoms with Crippen molar-refractivity contribution in [2.75, 3.05) is 32.8 Å². The SMILES string of the molecule is CC1CC1CNCC1CNCCO1. The van der Waals surface area contributed by atoms with Crippen molar-refractivity contribution in [3.05, 3.63) is 0 Å². The zero-order chi connectivity index (χ0) is 9.10. The molecule has 0 spiro atoms. The number of hydrogen-bond donors (Lipinski definition) is 2. The standard InChI is InChI=1S/C10H20N2O/c1-8-4-9(8)5-12-7-10-6-11-2-3-13-10/h8-12H,2-7H2,1H3. The highest BCUT2D eigenvalue weighted by Crippen LogP contribution is 2.36. The Labute approximate surface area is 80.2 Å². The van der Waals surface area contributed by atoms with Gasteiger partial charge in [0.05, 0.1) is 12.7 Å². The smallest absolute Gasteiger partial charge is 0.0824 e. The van der Waals surface area contributed by atoms with Crippen molar-refractivity contribution in [2.24, 2.45) is 11.8 Å². The van der Waals surface area contributed by atoms with E-state index in [4.69, 9.17) is 4.74 Å². The highest BCUT2D eigenvalue weighted by atomic mass is 16.5. The fraction of sp³-hybridized carbons (Fsp3) is 1.00. The minimum Gasteiger partial charge on any atom is -0.374 e. The molecule has 0 aromatic rings. The predicted molar refractivity (Wildman–Crippen MR) is 52.8 cm³/mol. The Kier molecular flexibility index (Phi) is 3.19. The first-order chi connectivity index (χ1) is 6.36. The highest BCUT2D eigenvalue weighted by molar-refractivity contribution is 4.84. The predicted octanol–water partition coefficient (Wildman–Crippen LogP) is 0.220. The van der Waals surface area contributed by atoms with Gasteiger partial charge in [-0.1, -0.05) is 6.92 Å². The van der Waals surface area contributed by atoms with E-state index < -0.39 is 0 Å². The van der Waals surface area contributed by atoms with Gasteiger partial charge in [0.2, 0.25) is 0 Å². The highest BCUT2D eigenvalue weighted by Gasteiger charge is 2.31. The van der Waals surface area contributed by atoms with Crippen molar-refractivity contribution in [3.63, 3.8) is 0 Å². The van der Waals surface area contributed by atoms with E-state index >= 15 is 0 Å². The zero-order valence-corrected chi connectivity index (χ0v) is 8.38. The molecule has 0 radical (unpaired) electrons. The Morgan fingerprint density at radius 2 is 2.31 bits per heavy atom. The Morgan fingerprint density at radius 3 is 2.92 bits per heavy atom. The van der Waals surface area contributed by atoms with Crippen molar-refractivity contribution in [1.82, 2.24) is 10.6 Å². The second-order valence-corrected chi connectivity index (χ2v) is 4.33. The van der Waals surface area contributed by atoms with Crippen LogP contribution in [0.1, 0.15) is 13.3 Å². The van der Waals surface area contributed by atoms with Crippen LogP contribution in [0, 0.1) is 11.8 Å². The quantitative estimate of drug-likeness (QED) is 0.656. The average molecular weight is 184 g/mol. The molecule has 1 saturated carbocycles. The summed E-state index contributed by atoms with van der Waals surface area (Å²) in [5.74, 6) is 1.90. The zero-order valence-electron chi connectivity index (χ0n) is 8.38. The van der Waals surface area contributed by atoms with E-state index in [9.17, 15) is 0 Å². The molecule has 0 aromatic carbocycles. The maximum atomic E-state index is 5.58. The molecule has 3 nitrogen and oxygen atoms in total. The van der Waals surface area contributed by atoms with Crippen LogP contribution in [0.25, 0.3) is 0 Å². The van der Waals surface area contributed by atoms with Crippen molar-refractivity contribution in [1.29, 1.82) is 0 Å². The third-order valence-electron chi connectivity index (χ3n) is 3.06. The fourth-order valence-corrected chi connectivity index (χ4v) is 1.86. The van der Waals surface area contributed by atoms with Crippen LogP contribution in [-0.4, -0.2) is 38.9 Å². The third-order valence-corrected chi connectivity index (χ3v) is 3.06. The Balaban J connectivity index is 1.51. The van der Waals surface area contributed by atoms with Crippen molar-refractivity contribution < 1.29 is 4.74 Å². The van der Waals surface area contributed by atoms with E-state index in [1.54, 1.807) is 0 Å². The summed E-state index contributed by atoms with van der Waals surface area (Å²) < 4.78 is 5.58. The van der Waals surface area contributed by atoms with E-state index in [2.05, 4.69) is 17.6 Å². The Hall–Kier alpha value is -0.120. The van der Waals surface area contributed by atoms with Gasteiger partial charge in [0.25, 0.3) is 0 Å². The third kappa shape index (κ3) is 2.93. The summed E-state index contributed by atoms with van der Waals surface area (Å²) in [6, 6.07) is 0. The lowest BCUT2D eigenvalue weighted by atomic mass is 10.3. The lowest BCUT2D eigenvalue weighted by Crippen LogP contribution is -2.44. The van der Waals surface area contributed by atoms with Crippen molar-refractivity contribution >= 4 is 0 Å². The largest absolute Gasteiger partial charge is 0.374 e. The van der Waals surface area contributed by atoms with Gasteiger partial charge in [-0.05, 0) is 24.8 Å². The van der Waals surface area contributed by atoms with Crippen LogP contribution < -0.4 is 10.6 Å². The molecule has 0 bridgehead atoms. The van der Waals surface area contributed by atoms with Crippen molar-refractivity contribution in [2.45, 2.75) is 19.4 Å². The molecule has 1 aliphatic carbocycles. The van der Waals surface area contributed by atoms with Crippen LogP contribution in [0.3, 0.4) is 0 Å². The molecule has 2 N–H and O–H groups in total. The first-order valence-electron chi connectivity index (χ1n) is 5.39. The molecule has 3 heteroatoms. The summed E-state index contributed by atoms with van der Waals surface area (Å²) in [6.07, 6.45) is 1.80. The van der Waals surface area contributed by atoms with E-state index in [-0.39, 0.29) is 0 Å². The molecule has 13 heavy (non-hydrogen) atoms. The second-order valence-electron chi connectivity index (χ2n) is 4.33. The number of ether oxygens (including phenoxy) is 1. The average Bonchev–Trinajstić information content (AvgIpc) is 2.84. The van der Waals surface area contributed by atoms with Crippen LogP contribution in [0.5, 0.6) is 0 Å². The maximum Gasteiger partial charge on any atom is 0.0824 e. The summed E-state index contributed by atoms with van der Waals surface area (Å²) in [5.41, 5.74) is 0. The van der Waals surface area contributed by atoms with Gasteiger partial charge < -0.3 is 15.4 Å². The number of morpholine rings is 1. The number of hydrogen-bond acceptors (Lipinski definition) is 3. The Bertz CT molecular complexity index is 157. The molecular weight excluding hydrogens is 164 g/mol. The lowest BCUT2D eigenvalue weighted by molar-refractivity contribution is 0.0291. The first kappa shape index (κ1) is 9.44. The second kappa shape index (κ2) is 4.40. The van der Waals surface area contributed by atoms with E-state index in [0.717, 1.165) is 38.1 Å². The van der Waals surface area contributed by atoms with Crippen LogP contribution >= 0.6 is 0 Å². The molecule has 1 aliphatic heterocycles. The molecule has 2 fully saturated rings. The summed E-state index contributed by atoms with van der Waals surface area (Å²) in [4.78, 5) is 0. The molecule has 0 amide bonds. The van der Waals surface area contributed by atoms with E-state index in [1.807, 2.05) is 0 Å². The minimum absolute atomic E-state index is 0.391. The Morgan fingerprint density at radius 1 is 1.46 bits per heavy atom. The summed E-state index contributed by atoms with van der Waals surface area (Å²) in [6.45, 7) is 7.40. The molecule has 76 valence electrons. The topological polar surface area (TPSA) is 33.3 Å². The molecule has 0 aromatic heterocycles. The molecule has 1 heterocycles. The molecule has 2 aliphatic rings. The van der Waals surface area contributed by atoms with Crippen LogP contribution in [0.15, 0.2) is 0 Å². The van der Waals surface area contributed by atoms with Gasteiger partial charge in [-0.2, -0.15) is 0 Å². The van der Waals surface area contributed by atoms with Gasteiger partial charge in [-0.3, -0.25) is 0 Å². The van der Waals surface area contributed by atoms with Crippen LogP contribution in [0.2, 0.25) is 0 Å². The van der Waals surface area contributed by atoms with Gasteiger partial charge in [0, 0.05) is 19.6 Å². The number of nitrogens with one attached hydrogen (secondary N) is 2. The van der Waals surface area contributed by atoms with Crippen LogP contribution in [-0.2, 0) is 4.74 Å². The first-order valence-corrected chi connectivity index (χ1v) is 5.39. The summed E-state index contributed by atoms with van der Waals surface area (Å²) in [7, 11) is 0. The lowest BCUT2D eigenvalue weighted by Gasteiger charge is -2.23. The fourth-order valence-electron chi connectivity index (χ4n) is 1.86. The van der Waals surface area contributed by atoms with Gasteiger partial charge >= 0.3 is 0 Å². The van der Waals surface area contributed by atoms with E-state index in [1.165, 1.54) is 13.0 Å². The van der Waals surface area contributed by atoms with Gasteiger partial charge in [0.15, 0.2) is 0 Å². The molecule has 3 atom stereocenters. The summed E-state index contributed by atoms with van der Waals surface area (Å²) >= 11 is 0. The maximum absolute atomic E-state index is 5.58. The molecule has 1 saturated heterocycles. The van der Waals surface area contributed by atoms with Crippen LogP contribution in [0.4, 0.5) is 0 Å². The van der Waals surface area contributed by atoms with E-state index in [0.29, 0.717) is 6.10 Å². The monoisotopic (exact) mass is 184 g/mol. The van der Waals surface area contributed by atoms with Crippen molar-refractivity contribution in [3.8, 4) is 0 Å². The van der Waals surface area contributed by atoms with Gasteiger partial charge in [-0.25, -0.2) is 0 Å².